The number of carbonyl (C=O) groups excluding carboxylic acids is 2. The summed E-state index contributed by atoms with van der Waals surface area (Å²) in [6.45, 7) is 0. The van der Waals surface area contributed by atoms with Crippen LogP contribution in [-0.4, -0.2) is 17.9 Å². The van der Waals surface area contributed by atoms with Crippen LogP contribution in [0.2, 0.25) is 0 Å². The number of esters is 1. The molecule has 102 valence electrons. The van der Waals surface area contributed by atoms with Crippen molar-refractivity contribution in [2.24, 2.45) is 17.3 Å². The molecule has 0 aromatic carbocycles. The minimum Gasteiger partial charge on any atom is -0.461 e. The van der Waals surface area contributed by atoms with E-state index in [9.17, 15) is 14.9 Å². The topological polar surface area (TPSA) is 67.2 Å². The SMILES string of the molecule is N#C[C@]1(C(=O)OC2CCCCC2)[C@@H]2C(=O)CCC[C@@H]21. The van der Waals surface area contributed by atoms with Crippen molar-refractivity contribution in [2.75, 3.05) is 0 Å². The van der Waals surface area contributed by atoms with Crippen molar-refractivity contribution in [3.8, 4) is 6.07 Å². The highest BCUT2D eigenvalue weighted by atomic mass is 16.5. The van der Waals surface area contributed by atoms with Gasteiger partial charge in [0.1, 0.15) is 11.9 Å². The number of hydrogen-bond acceptors (Lipinski definition) is 4. The molecule has 0 bridgehead atoms. The van der Waals surface area contributed by atoms with Crippen molar-refractivity contribution in [3.05, 3.63) is 0 Å². The second-order valence-corrected chi connectivity index (χ2v) is 6.09. The lowest BCUT2D eigenvalue weighted by atomic mass is 9.97. The summed E-state index contributed by atoms with van der Waals surface area (Å²) in [4.78, 5) is 24.2. The Morgan fingerprint density at radius 2 is 1.95 bits per heavy atom. The normalized spacial score (nSPS) is 38.2. The first-order valence-corrected chi connectivity index (χ1v) is 7.35. The molecular formula is C15H19NO3. The third kappa shape index (κ3) is 1.87. The van der Waals surface area contributed by atoms with E-state index in [2.05, 4.69) is 6.07 Å². The monoisotopic (exact) mass is 261 g/mol. The number of ether oxygens (including phenoxy) is 1. The predicted octanol–water partition coefficient (Wildman–Crippen LogP) is 2.37. The first-order valence-electron chi connectivity index (χ1n) is 7.35. The fourth-order valence-corrected chi connectivity index (χ4v) is 3.89. The highest BCUT2D eigenvalue weighted by molar-refractivity contribution is 5.98. The molecule has 0 unspecified atom stereocenters. The lowest BCUT2D eigenvalue weighted by Gasteiger charge is -2.23. The number of ketones is 1. The highest BCUT2D eigenvalue weighted by Gasteiger charge is 2.74. The highest BCUT2D eigenvalue weighted by Crippen LogP contribution is 2.64. The van der Waals surface area contributed by atoms with Gasteiger partial charge in [-0.3, -0.25) is 9.59 Å². The van der Waals surface area contributed by atoms with E-state index in [4.69, 9.17) is 4.74 Å². The van der Waals surface area contributed by atoms with Crippen LogP contribution in [0.25, 0.3) is 0 Å². The van der Waals surface area contributed by atoms with Gasteiger partial charge in [-0.05, 0) is 38.5 Å². The third-order valence-electron chi connectivity index (χ3n) is 5.00. The zero-order valence-corrected chi connectivity index (χ0v) is 11.1. The molecule has 19 heavy (non-hydrogen) atoms. The van der Waals surface area contributed by atoms with E-state index >= 15 is 0 Å². The first kappa shape index (κ1) is 12.7. The molecule has 3 atom stereocenters. The van der Waals surface area contributed by atoms with Gasteiger partial charge in [0.05, 0.1) is 12.0 Å². The van der Waals surface area contributed by atoms with Crippen molar-refractivity contribution < 1.29 is 14.3 Å². The van der Waals surface area contributed by atoms with Gasteiger partial charge in [0.15, 0.2) is 5.41 Å². The van der Waals surface area contributed by atoms with Crippen LogP contribution >= 0.6 is 0 Å². The van der Waals surface area contributed by atoms with Crippen LogP contribution in [0.5, 0.6) is 0 Å². The van der Waals surface area contributed by atoms with E-state index in [0.29, 0.717) is 6.42 Å². The second kappa shape index (κ2) is 4.63. The number of rotatable bonds is 2. The first-order chi connectivity index (χ1) is 9.20. The van der Waals surface area contributed by atoms with Gasteiger partial charge in [-0.2, -0.15) is 5.26 Å². The van der Waals surface area contributed by atoms with Crippen molar-refractivity contribution in [3.63, 3.8) is 0 Å². The lowest BCUT2D eigenvalue weighted by Crippen LogP contribution is -2.28. The van der Waals surface area contributed by atoms with E-state index in [1.54, 1.807) is 0 Å². The molecule has 4 heteroatoms. The molecular weight excluding hydrogens is 242 g/mol. The van der Waals surface area contributed by atoms with Crippen LogP contribution in [0.1, 0.15) is 51.4 Å². The minimum atomic E-state index is -1.13. The summed E-state index contributed by atoms with van der Waals surface area (Å²) >= 11 is 0. The molecule has 3 aliphatic rings. The average Bonchev–Trinajstić information content (AvgIpc) is 3.11. The van der Waals surface area contributed by atoms with Gasteiger partial charge >= 0.3 is 5.97 Å². The Morgan fingerprint density at radius 1 is 1.21 bits per heavy atom. The van der Waals surface area contributed by atoms with Gasteiger partial charge in [-0.25, -0.2) is 0 Å². The van der Waals surface area contributed by atoms with Crippen LogP contribution in [-0.2, 0) is 14.3 Å². The number of hydrogen-bond donors (Lipinski definition) is 0. The van der Waals surface area contributed by atoms with Crippen molar-refractivity contribution in [1.82, 2.24) is 0 Å². The van der Waals surface area contributed by atoms with Gasteiger partial charge in [0.2, 0.25) is 0 Å². The van der Waals surface area contributed by atoms with Crippen molar-refractivity contribution >= 4 is 11.8 Å². The van der Waals surface area contributed by atoms with E-state index < -0.39 is 11.4 Å². The van der Waals surface area contributed by atoms with Gasteiger partial charge in [-0.1, -0.05) is 6.42 Å². The third-order valence-corrected chi connectivity index (χ3v) is 5.00. The van der Waals surface area contributed by atoms with Crippen LogP contribution in [0.4, 0.5) is 0 Å². The molecule has 3 saturated carbocycles. The van der Waals surface area contributed by atoms with E-state index in [1.807, 2.05) is 0 Å². The van der Waals surface area contributed by atoms with E-state index in [0.717, 1.165) is 38.5 Å². The van der Waals surface area contributed by atoms with Crippen LogP contribution in [0, 0.1) is 28.6 Å². The molecule has 0 aliphatic heterocycles. The molecule has 3 fully saturated rings. The second-order valence-electron chi connectivity index (χ2n) is 6.09. The molecule has 0 heterocycles. The molecule has 3 rings (SSSR count). The van der Waals surface area contributed by atoms with Gasteiger partial charge in [0.25, 0.3) is 0 Å². The Balaban J connectivity index is 1.71. The largest absolute Gasteiger partial charge is 0.461 e. The molecule has 4 nitrogen and oxygen atoms in total. The Labute approximate surface area is 113 Å². The molecule has 0 amide bonds. The molecule has 0 aromatic rings. The smallest absolute Gasteiger partial charge is 0.327 e. The number of fused-ring (bicyclic) bond motifs is 1. The number of nitrogens with zero attached hydrogens (tertiary/aromatic N) is 1. The quantitative estimate of drug-likeness (QED) is 0.716. The van der Waals surface area contributed by atoms with E-state index in [-0.39, 0.29) is 23.7 Å². The summed E-state index contributed by atoms with van der Waals surface area (Å²) in [7, 11) is 0. The fraction of sp³-hybridized carbons (Fsp3) is 0.800. The summed E-state index contributed by atoms with van der Waals surface area (Å²) in [5.74, 6) is -0.789. The van der Waals surface area contributed by atoms with Gasteiger partial charge < -0.3 is 4.74 Å². The minimum absolute atomic E-state index is 0.0377. The molecule has 0 aromatic heterocycles. The maximum Gasteiger partial charge on any atom is 0.327 e. The van der Waals surface area contributed by atoms with E-state index in [1.165, 1.54) is 6.42 Å². The molecule has 0 spiro atoms. The van der Waals surface area contributed by atoms with Crippen LogP contribution in [0.15, 0.2) is 0 Å². The Hall–Kier alpha value is -1.37. The zero-order valence-electron chi connectivity index (χ0n) is 11.1. The van der Waals surface area contributed by atoms with Crippen LogP contribution < -0.4 is 0 Å². The number of Topliss-reactive ketones (excluding diaryl/α,β-unsaturated/α-hetero) is 1. The molecule has 0 saturated heterocycles. The maximum atomic E-state index is 12.3. The Bertz CT molecular complexity index is 447. The molecule has 3 aliphatic carbocycles. The van der Waals surface area contributed by atoms with Crippen LogP contribution in [0.3, 0.4) is 0 Å². The number of nitriles is 1. The Kier molecular flexibility index (Phi) is 3.08. The standard InChI is InChI=1S/C15H19NO3/c16-9-15(11-7-4-8-12(17)13(11)15)14(18)19-10-5-2-1-3-6-10/h10-11,13H,1-8H2/t11-,13-,15+/m0/s1. The van der Waals surface area contributed by atoms with Crippen molar-refractivity contribution in [2.45, 2.75) is 57.5 Å². The summed E-state index contributed by atoms with van der Waals surface area (Å²) in [5, 5.41) is 9.40. The van der Waals surface area contributed by atoms with Gasteiger partial charge in [-0.15, -0.1) is 0 Å². The number of carbonyl (C=O) groups is 2. The van der Waals surface area contributed by atoms with Gasteiger partial charge in [0, 0.05) is 12.3 Å². The molecule has 0 radical (unpaired) electrons. The van der Waals surface area contributed by atoms with Crippen molar-refractivity contribution in [1.29, 1.82) is 5.26 Å². The lowest BCUT2D eigenvalue weighted by molar-refractivity contribution is -0.156. The average molecular weight is 261 g/mol. The summed E-state index contributed by atoms with van der Waals surface area (Å²) in [6, 6.07) is 2.12. The Morgan fingerprint density at radius 3 is 2.58 bits per heavy atom. The zero-order chi connectivity index (χ0) is 13.5. The summed E-state index contributed by atoms with van der Waals surface area (Å²) < 4.78 is 5.54. The predicted molar refractivity (Wildman–Crippen MR) is 66.8 cm³/mol. The maximum absolute atomic E-state index is 12.3. The molecule has 0 N–H and O–H groups in total. The fourth-order valence-electron chi connectivity index (χ4n) is 3.89. The summed E-state index contributed by atoms with van der Waals surface area (Å²) in [5.41, 5.74) is -1.13. The summed E-state index contributed by atoms with van der Waals surface area (Å²) in [6.07, 6.45) is 7.26.